The zero-order chi connectivity index (χ0) is 39.7. The van der Waals surface area contributed by atoms with Gasteiger partial charge in [-0.1, -0.05) is 0 Å². The Kier molecular flexibility index (Phi) is 19.0. The van der Waals surface area contributed by atoms with Gasteiger partial charge < -0.3 is 40.1 Å². The molecule has 0 aromatic heterocycles. The van der Waals surface area contributed by atoms with Crippen molar-refractivity contribution in [3.05, 3.63) is 95.8 Å². The average molecular weight is 738 g/mol. The molecule has 0 amide bonds. The van der Waals surface area contributed by atoms with Crippen LogP contribution in [0.5, 0.6) is 28.7 Å². The highest BCUT2D eigenvalue weighted by atomic mass is 19.1. The first-order valence-electron chi connectivity index (χ1n) is 16.5. The van der Waals surface area contributed by atoms with Crippen LogP contribution in [-0.2, 0) is 0 Å². The van der Waals surface area contributed by atoms with Gasteiger partial charge in [0.05, 0.1) is 43.9 Å². The Hall–Kier alpha value is -5.07. The maximum absolute atomic E-state index is 13.3. The number of halogens is 5. The molecular formula is C39H52F5N3O5. The van der Waals surface area contributed by atoms with Crippen LogP contribution in [0.4, 0.5) is 39.0 Å². The van der Waals surface area contributed by atoms with Crippen LogP contribution < -0.4 is 40.1 Å². The molecule has 4 aromatic rings. The van der Waals surface area contributed by atoms with Crippen molar-refractivity contribution in [3.8, 4) is 28.7 Å². The molecule has 0 fully saturated rings. The summed E-state index contributed by atoms with van der Waals surface area (Å²) in [4.78, 5) is 2.00. The molecule has 8 nitrogen and oxygen atoms in total. The van der Waals surface area contributed by atoms with Gasteiger partial charge in [-0.25, -0.2) is 22.0 Å². The lowest BCUT2D eigenvalue weighted by Gasteiger charge is -2.23. The Morgan fingerprint density at radius 1 is 0.481 bits per heavy atom. The second-order valence-electron chi connectivity index (χ2n) is 12.3. The Balaban J connectivity index is 0.000000347. The van der Waals surface area contributed by atoms with Gasteiger partial charge in [0.15, 0.2) is 34.7 Å². The number of rotatable bonds is 10. The van der Waals surface area contributed by atoms with Gasteiger partial charge in [-0.3, -0.25) is 0 Å². The van der Waals surface area contributed by atoms with Gasteiger partial charge in [0, 0.05) is 49.1 Å². The highest BCUT2D eigenvalue weighted by Crippen LogP contribution is 2.25. The van der Waals surface area contributed by atoms with E-state index in [0.29, 0.717) is 17.5 Å². The molecule has 4 N–H and O–H groups in total. The van der Waals surface area contributed by atoms with Crippen LogP contribution >= 0.6 is 0 Å². The molecule has 0 radical (unpaired) electrons. The van der Waals surface area contributed by atoms with E-state index in [0.717, 1.165) is 17.8 Å². The van der Waals surface area contributed by atoms with Crippen molar-refractivity contribution < 1.29 is 45.6 Å². The monoisotopic (exact) mass is 737 g/mol. The quantitative estimate of drug-likeness (QED) is 0.123. The van der Waals surface area contributed by atoms with E-state index in [9.17, 15) is 22.0 Å². The van der Waals surface area contributed by atoms with Crippen molar-refractivity contribution in [1.82, 2.24) is 0 Å². The third-order valence-electron chi connectivity index (χ3n) is 6.57. The van der Waals surface area contributed by atoms with Crippen LogP contribution in [-0.4, -0.2) is 45.6 Å². The standard InChI is InChI=1S/C11H16FNO.C10H13FO2.C9H11F2NO.C9H12FNO/c1-8(2)13(3)9-5-6-11(14-4)10(12)7-9;1-7(2)13-8-4-5-10(12-3)9(11)6-8;1-5(2)13-9-4-6(10)8(12)3-7(9)11;1-6(2)12-7-3-4-9(11)8(10)5-7/h5-8H,1-4H3;4-7H,1-3H3;3-5H,12H2,1-2H3;3-6H,11H2,1-2H3. The van der Waals surface area contributed by atoms with E-state index < -0.39 is 23.3 Å². The van der Waals surface area contributed by atoms with Crippen molar-refractivity contribution in [3.63, 3.8) is 0 Å². The predicted molar refractivity (Wildman–Crippen MR) is 198 cm³/mol. The second kappa shape index (κ2) is 22.0. The van der Waals surface area contributed by atoms with Crippen molar-refractivity contribution >= 4 is 17.1 Å². The van der Waals surface area contributed by atoms with Crippen LogP contribution in [0.3, 0.4) is 0 Å². The fourth-order valence-electron chi connectivity index (χ4n) is 3.91. The molecule has 13 heteroatoms. The highest BCUT2D eigenvalue weighted by molar-refractivity contribution is 5.50. The van der Waals surface area contributed by atoms with Crippen molar-refractivity contribution in [1.29, 1.82) is 0 Å². The van der Waals surface area contributed by atoms with E-state index in [1.165, 1.54) is 38.5 Å². The minimum Gasteiger partial charge on any atom is -0.494 e. The molecule has 0 saturated heterocycles. The number of ether oxygens (including phenoxy) is 5. The van der Waals surface area contributed by atoms with Gasteiger partial charge in [0.1, 0.15) is 23.1 Å². The molecule has 0 heterocycles. The molecular weight excluding hydrogens is 685 g/mol. The van der Waals surface area contributed by atoms with Gasteiger partial charge in [0.2, 0.25) is 0 Å². The lowest BCUT2D eigenvalue weighted by molar-refractivity contribution is 0.230. The van der Waals surface area contributed by atoms with Crippen LogP contribution in [0.15, 0.2) is 66.7 Å². The number of benzene rings is 4. The fraction of sp³-hybridized carbons (Fsp3) is 0.385. The summed E-state index contributed by atoms with van der Waals surface area (Å²) in [6.45, 7) is 15.1. The fourth-order valence-corrected chi connectivity index (χ4v) is 3.91. The smallest absolute Gasteiger partial charge is 0.168 e. The average Bonchev–Trinajstić information content (AvgIpc) is 3.05. The van der Waals surface area contributed by atoms with Gasteiger partial charge in [0.25, 0.3) is 0 Å². The lowest BCUT2D eigenvalue weighted by atomic mass is 10.2. The Morgan fingerprint density at radius 2 is 0.904 bits per heavy atom. The molecule has 0 saturated carbocycles. The molecule has 4 aromatic carbocycles. The number of nitrogens with zero attached hydrogens (tertiary/aromatic N) is 1. The van der Waals surface area contributed by atoms with E-state index in [1.54, 1.807) is 38.1 Å². The maximum atomic E-state index is 13.3. The molecule has 0 aliphatic heterocycles. The minimum absolute atomic E-state index is 0.0489. The summed E-state index contributed by atoms with van der Waals surface area (Å²) in [5, 5.41) is 0. The molecule has 52 heavy (non-hydrogen) atoms. The summed E-state index contributed by atoms with van der Waals surface area (Å²) in [5.41, 5.74) is 11.2. The molecule has 4 rings (SSSR count). The molecule has 0 bridgehead atoms. The summed E-state index contributed by atoms with van der Waals surface area (Å²) in [7, 11) is 4.83. The Bertz CT molecular complexity index is 1670. The second-order valence-corrected chi connectivity index (χ2v) is 12.3. The van der Waals surface area contributed by atoms with Gasteiger partial charge >= 0.3 is 0 Å². The van der Waals surface area contributed by atoms with E-state index in [2.05, 4.69) is 13.8 Å². The van der Waals surface area contributed by atoms with Crippen LogP contribution in [0.25, 0.3) is 0 Å². The van der Waals surface area contributed by atoms with E-state index >= 15 is 0 Å². The molecule has 0 atom stereocenters. The molecule has 0 unspecified atom stereocenters. The van der Waals surface area contributed by atoms with Gasteiger partial charge in [-0.2, -0.15) is 0 Å². The highest BCUT2D eigenvalue weighted by Gasteiger charge is 2.11. The van der Waals surface area contributed by atoms with Crippen LogP contribution in [0.1, 0.15) is 55.4 Å². The first kappa shape index (κ1) is 45.0. The lowest BCUT2D eigenvalue weighted by Crippen LogP contribution is -2.25. The first-order chi connectivity index (χ1) is 24.3. The van der Waals surface area contributed by atoms with Crippen molar-refractivity contribution in [2.75, 3.05) is 37.6 Å². The first-order valence-corrected chi connectivity index (χ1v) is 16.5. The summed E-state index contributed by atoms with van der Waals surface area (Å²) in [6.07, 6.45) is -0.0988. The van der Waals surface area contributed by atoms with Crippen LogP contribution in [0.2, 0.25) is 0 Å². The van der Waals surface area contributed by atoms with E-state index in [-0.39, 0.29) is 52.8 Å². The van der Waals surface area contributed by atoms with Crippen molar-refractivity contribution in [2.24, 2.45) is 0 Å². The zero-order valence-electron chi connectivity index (χ0n) is 31.7. The van der Waals surface area contributed by atoms with Gasteiger partial charge in [-0.05, 0) is 91.8 Å². The third-order valence-corrected chi connectivity index (χ3v) is 6.57. The Morgan fingerprint density at radius 3 is 1.33 bits per heavy atom. The van der Waals surface area contributed by atoms with Crippen LogP contribution in [0, 0.1) is 29.1 Å². The molecule has 0 aliphatic carbocycles. The summed E-state index contributed by atoms with van der Waals surface area (Å²) in [5.74, 6) is -1.04. The third kappa shape index (κ3) is 15.9. The summed E-state index contributed by atoms with van der Waals surface area (Å²) < 4.78 is 90.3. The Labute approximate surface area is 304 Å². The zero-order valence-corrected chi connectivity index (χ0v) is 31.7. The van der Waals surface area contributed by atoms with E-state index in [4.69, 9.17) is 35.2 Å². The predicted octanol–water partition coefficient (Wildman–Crippen LogP) is 9.83. The van der Waals surface area contributed by atoms with Gasteiger partial charge in [-0.15, -0.1) is 0 Å². The largest absolute Gasteiger partial charge is 0.494 e. The summed E-state index contributed by atoms with van der Waals surface area (Å²) in [6, 6.07) is 16.2. The van der Waals surface area contributed by atoms with Crippen molar-refractivity contribution in [2.45, 2.75) is 79.7 Å². The molecule has 0 spiro atoms. The number of methoxy groups -OCH3 is 2. The topological polar surface area (TPSA) is 101 Å². The number of nitrogen functional groups attached to an aromatic ring is 2. The number of hydrogen-bond acceptors (Lipinski definition) is 8. The van der Waals surface area contributed by atoms with E-state index in [1.807, 2.05) is 45.7 Å². The number of nitrogens with two attached hydrogens (primary N) is 2. The normalized spacial score (nSPS) is 10.4. The minimum atomic E-state index is -0.669. The number of anilines is 3. The molecule has 0 aliphatic rings. The SMILES string of the molecule is CC(C)Oc1cc(F)c(N)cc1F.CC(C)Oc1ccc(N)c(F)c1.COc1ccc(N(C)C(C)C)cc1F.COc1ccc(OC(C)C)cc1F. The number of hydrogen-bond donors (Lipinski definition) is 2. The summed E-state index contributed by atoms with van der Waals surface area (Å²) >= 11 is 0. The maximum Gasteiger partial charge on any atom is 0.168 e. The molecule has 288 valence electrons.